The average molecular weight is 374 g/mol. The van der Waals surface area contributed by atoms with E-state index in [0.29, 0.717) is 12.1 Å². The summed E-state index contributed by atoms with van der Waals surface area (Å²) in [6.45, 7) is 7.51. The van der Waals surface area contributed by atoms with Crippen molar-refractivity contribution < 1.29 is 4.79 Å². The van der Waals surface area contributed by atoms with Crippen LogP contribution in [0.1, 0.15) is 51.9 Å². The van der Waals surface area contributed by atoms with Gasteiger partial charge in [-0.3, -0.25) is 14.5 Å². The van der Waals surface area contributed by atoms with Gasteiger partial charge in [0.05, 0.1) is 5.69 Å². The molecule has 1 amide bonds. The molecule has 5 nitrogen and oxygen atoms in total. The van der Waals surface area contributed by atoms with Crippen molar-refractivity contribution >= 4 is 5.91 Å². The summed E-state index contributed by atoms with van der Waals surface area (Å²) < 4.78 is 2.00. The van der Waals surface area contributed by atoms with Crippen LogP contribution >= 0.6 is 0 Å². The van der Waals surface area contributed by atoms with E-state index in [4.69, 9.17) is 0 Å². The highest BCUT2D eigenvalue weighted by Gasteiger charge is 2.15. The van der Waals surface area contributed by atoms with Gasteiger partial charge in [0.2, 0.25) is 0 Å². The maximum atomic E-state index is 12.7. The van der Waals surface area contributed by atoms with Gasteiger partial charge in [-0.1, -0.05) is 18.2 Å². The number of aromatic nitrogens is 3. The van der Waals surface area contributed by atoms with Crippen molar-refractivity contribution in [2.24, 2.45) is 0 Å². The van der Waals surface area contributed by atoms with Crippen LogP contribution in [0.2, 0.25) is 0 Å². The smallest absolute Gasteiger partial charge is 0.251 e. The zero-order chi connectivity index (χ0) is 19.7. The minimum atomic E-state index is -0.0689. The molecule has 1 aromatic carbocycles. The number of benzene rings is 1. The van der Waals surface area contributed by atoms with E-state index in [1.807, 2.05) is 42.1 Å². The quantitative estimate of drug-likeness (QED) is 0.734. The molecule has 2 aromatic heterocycles. The monoisotopic (exact) mass is 374 g/mol. The van der Waals surface area contributed by atoms with Crippen LogP contribution in [-0.2, 0) is 25.9 Å². The van der Waals surface area contributed by atoms with Gasteiger partial charge in [-0.2, -0.15) is 5.10 Å². The summed E-state index contributed by atoms with van der Waals surface area (Å²) in [5.74, 6) is -0.0689. The highest BCUT2D eigenvalue weighted by atomic mass is 16.1. The van der Waals surface area contributed by atoms with Crippen LogP contribution in [0.25, 0.3) is 11.1 Å². The third-order valence-corrected chi connectivity index (χ3v) is 5.52. The van der Waals surface area contributed by atoms with E-state index >= 15 is 0 Å². The summed E-state index contributed by atoms with van der Waals surface area (Å²) >= 11 is 0. The van der Waals surface area contributed by atoms with Crippen molar-refractivity contribution in [3.8, 4) is 11.1 Å². The van der Waals surface area contributed by atoms with Gasteiger partial charge in [0.15, 0.2) is 0 Å². The number of nitrogens with zero attached hydrogens (tertiary/aromatic N) is 3. The van der Waals surface area contributed by atoms with Crippen LogP contribution in [0.4, 0.5) is 0 Å². The van der Waals surface area contributed by atoms with E-state index in [9.17, 15) is 4.79 Å². The third-order valence-electron chi connectivity index (χ3n) is 5.52. The highest BCUT2D eigenvalue weighted by Crippen LogP contribution is 2.27. The SMILES string of the molecule is CCn1nc(C)c(-c2cccc(C(=O)NCc3cnc4c(c3)CCC4)c2)c1C. The van der Waals surface area contributed by atoms with Gasteiger partial charge in [-0.15, -0.1) is 0 Å². The molecule has 4 rings (SSSR count). The van der Waals surface area contributed by atoms with Gasteiger partial charge in [-0.05, 0) is 68.9 Å². The van der Waals surface area contributed by atoms with E-state index in [0.717, 1.165) is 47.5 Å². The normalized spacial score (nSPS) is 12.8. The molecule has 0 bridgehead atoms. The molecule has 0 saturated carbocycles. The van der Waals surface area contributed by atoms with Gasteiger partial charge < -0.3 is 5.32 Å². The van der Waals surface area contributed by atoms with Gasteiger partial charge >= 0.3 is 0 Å². The highest BCUT2D eigenvalue weighted by molar-refractivity contribution is 5.95. The lowest BCUT2D eigenvalue weighted by atomic mass is 10.0. The van der Waals surface area contributed by atoms with Gasteiger partial charge in [0, 0.05) is 41.8 Å². The number of fused-ring (bicyclic) bond motifs is 1. The Hall–Kier alpha value is -2.95. The minimum absolute atomic E-state index is 0.0689. The molecule has 28 heavy (non-hydrogen) atoms. The molecule has 0 fully saturated rings. The summed E-state index contributed by atoms with van der Waals surface area (Å²) in [6.07, 6.45) is 5.23. The average Bonchev–Trinajstić information content (AvgIpc) is 3.29. The molecule has 0 aliphatic heterocycles. The Bertz CT molecular complexity index is 1040. The lowest BCUT2D eigenvalue weighted by Gasteiger charge is -2.09. The van der Waals surface area contributed by atoms with Crippen LogP contribution in [0.3, 0.4) is 0 Å². The molecule has 0 saturated heterocycles. The summed E-state index contributed by atoms with van der Waals surface area (Å²) in [4.78, 5) is 17.2. The van der Waals surface area contributed by atoms with Crippen molar-refractivity contribution in [1.29, 1.82) is 0 Å². The second-order valence-electron chi connectivity index (χ2n) is 7.43. The number of amides is 1. The van der Waals surface area contributed by atoms with Crippen molar-refractivity contribution in [3.63, 3.8) is 0 Å². The fraction of sp³-hybridized carbons (Fsp3) is 0.348. The first-order valence-corrected chi connectivity index (χ1v) is 9.96. The lowest BCUT2D eigenvalue weighted by Crippen LogP contribution is -2.23. The van der Waals surface area contributed by atoms with Crippen molar-refractivity contribution in [3.05, 3.63) is 70.3 Å². The second-order valence-corrected chi connectivity index (χ2v) is 7.43. The zero-order valence-electron chi connectivity index (χ0n) is 16.7. The molecule has 1 aliphatic carbocycles. The number of pyridine rings is 1. The molecular weight excluding hydrogens is 348 g/mol. The van der Waals surface area contributed by atoms with Crippen LogP contribution in [0.5, 0.6) is 0 Å². The van der Waals surface area contributed by atoms with E-state index in [2.05, 4.69) is 35.3 Å². The Balaban J connectivity index is 1.51. The first-order valence-electron chi connectivity index (χ1n) is 9.96. The number of nitrogens with one attached hydrogen (secondary N) is 1. The number of aryl methyl sites for hydroxylation is 4. The van der Waals surface area contributed by atoms with Crippen LogP contribution in [-0.4, -0.2) is 20.7 Å². The summed E-state index contributed by atoms with van der Waals surface area (Å²) in [5, 5.41) is 7.62. The largest absolute Gasteiger partial charge is 0.348 e. The van der Waals surface area contributed by atoms with Gasteiger partial charge in [0.1, 0.15) is 0 Å². The predicted octanol–water partition coefficient (Wildman–Crippen LogP) is 4.00. The molecule has 0 spiro atoms. The minimum Gasteiger partial charge on any atom is -0.348 e. The topological polar surface area (TPSA) is 59.8 Å². The molecule has 0 unspecified atom stereocenters. The van der Waals surface area contributed by atoms with Crippen LogP contribution in [0, 0.1) is 13.8 Å². The van der Waals surface area contributed by atoms with E-state index < -0.39 is 0 Å². The van der Waals surface area contributed by atoms with E-state index in [-0.39, 0.29) is 5.91 Å². The summed E-state index contributed by atoms with van der Waals surface area (Å²) in [7, 11) is 0. The van der Waals surface area contributed by atoms with Gasteiger partial charge in [0.25, 0.3) is 5.91 Å². The van der Waals surface area contributed by atoms with Crippen molar-refractivity contribution in [2.75, 3.05) is 0 Å². The zero-order valence-corrected chi connectivity index (χ0v) is 16.7. The Labute approximate surface area is 165 Å². The Morgan fingerprint density at radius 1 is 1.21 bits per heavy atom. The number of hydrogen-bond donors (Lipinski definition) is 1. The molecule has 0 atom stereocenters. The summed E-state index contributed by atoms with van der Waals surface area (Å²) in [6, 6.07) is 9.96. The second kappa shape index (κ2) is 7.58. The molecule has 144 valence electrons. The molecule has 1 N–H and O–H groups in total. The van der Waals surface area contributed by atoms with E-state index in [1.54, 1.807) is 0 Å². The fourth-order valence-electron chi connectivity index (χ4n) is 4.10. The molecule has 2 heterocycles. The standard InChI is InChI=1S/C23H26N4O/c1-4-27-16(3)22(15(2)26-27)19-8-5-9-20(12-19)23(28)25-14-17-11-18-7-6-10-21(18)24-13-17/h5,8-9,11-13H,4,6-7,10,14H2,1-3H3,(H,25,28). The Morgan fingerprint density at radius 3 is 2.86 bits per heavy atom. The third kappa shape index (κ3) is 3.44. The maximum absolute atomic E-state index is 12.7. The number of rotatable bonds is 5. The van der Waals surface area contributed by atoms with Crippen LogP contribution < -0.4 is 5.32 Å². The molecule has 0 radical (unpaired) electrons. The summed E-state index contributed by atoms with van der Waals surface area (Å²) in [5.41, 5.74) is 8.51. The first kappa shape index (κ1) is 18.4. The van der Waals surface area contributed by atoms with Crippen molar-refractivity contribution in [1.82, 2.24) is 20.1 Å². The predicted molar refractivity (Wildman–Crippen MR) is 110 cm³/mol. The maximum Gasteiger partial charge on any atom is 0.251 e. The number of hydrogen-bond acceptors (Lipinski definition) is 3. The lowest BCUT2D eigenvalue weighted by molar-refractivity contribution is 0.0951. The van der Waals surface area contributed by atoms with E-state index in [1.165, 1.54) is 17.7 Å². The molecule has 5 heteroatoms. The Kier molecular flexibility index (Phi) is 4.99. The number of carbonyl (C=O) groups excluding carboxylic acids is 1. The first-order chi connectivity index (χ1) is 13.6. The Morgan fingerprint density at radius 2 is 2.07 bits per heavy atom. The molecule has 3 aromatic rings. The molecular formula is C23H26N4O. The van der Waals surface area contributed by atoms with Gasteiger partial charge in [-0.25, -0.2) is 0 Å². The fourth-order valence-corrected chi connectivity index (χ4v) is 4.10. The number of carbonyl (C=O) groups is 1. The molecule has 1 aliphatic rings. The van der Waals surface area contributed by atoms with Crippen molar-refractivity contribution in [2.45, 2.75) is 53.1 Å². The van der Waals surface area contributed by atoms with Crippen LogP contribution in [0.15, 0.2) is 36.5 Å².